The molecule has 0 amide bonds. The monoisotopic (exact) mass is 268 g/mol. The standard InChI is InChI=1S/C9H8N4O6/c1-16-8(14)18-6-4-5(11-3-10-4)7(13-12-6)19-9(15)17-2/h3H,1-2H3,(H,10,11). The quantitative estimate of drug-likeness (QED) is 0.780. The highest BCUT2D eigenvalue weighted by Gasteiger charge is 2.19. The molecule has 0 aliphatic carbocycles. The summed E-state index contributed by atoms with van der Waals surface area (Å²) in [4.78, 5) is 28.6. The summed E-state index contributed by atoms with van der Waals surface area (Å²) in [6.45, 7) is 0. The number of hydrogen-bond acceptors (Lipinski definition) is 9. The van der Waals surface area contributed by atoms with Gasteiger partial charge in [0.05, 0.1) is 20.5 Å². The van der Waals surface area contributed by atoms with Crippen LogP contribution in [0.4, 0.5) is 9.59 Å². The first-order valence-electron chi connectivity index (χ1n) is 4.87. The molecule has 10 heteroatoms. The minimum atomic E-state index is -0.972. The number of H-pyrrole nitrogens is 1. The molecule has 0 aliphatic heterocycles. The lowest BCUT2D eigenvalue weighted by Crippen LogP contribution is -2.12. The Morgan fingerprint density at radius 2 is 1.63 bits per heavy atom. The Balaban J connectivity index is 2.38. The Hall–Kier alpha value is -2.91. The topological polar surface area (TPSA) is 126 Å². The second-order valence-corrected chi connectivity index (χ2v) is 3.05. The molecular weight excluding hydrogens is 260 g/mol. The third kappa shape index (κ3) is 2.51. The van der Waals surface area contributed by atoms with E-state index in [4.69, 9.17) is 9.47 Å². The Morgan fingerprint density at radius 1 is 1.05 bits per heavy atom. The van der Waals surface area contributed by atoms with Crippen LogP contribution in [-0.2, 0) is 9.47 Å². The largest absolute Gasteiger partial charge is 0.515 e. The van der Waals surface area contributed by atoms with Gasteiger partial charge in [-0.3, -0.25) is 0 Å². The molecule has 0 saturated carbocycles. The summed E-state index contributed by atoms with van der Waals surface area (Å²) >= 11 is 0. The highest BCUT2D eigenvalue weighted by Crippen LogP contribution is 2.26. The van der Waals surface area contributed by atoms with Crippen LogP contribution >= 0.6 is 0 Å². The molecule has 0 fully saturated rings. The van der Waals surface area contributed by atoms with Gasteiger partial charge in [-0.2, -0.15) is 0 Å². The van der Waals surface area contributed by atoms with Crippen molar-refractivity contribution in [2.75, 3.05) is 14.2 Å². The number of ether oxygens (including phenoxy) is 4. The zero-order valence-corrected chi connectivity index (χ0v) is 9.87. The first-order valence-corrected chi connectivity index (χ1v) is 4.87. The summed E-state index contributed by atoms with van der Waals surface area (Å²) < 4.78 is 18.1. The molecule has 0 unspecified atom stereocenters. The van der Waals surface area contributed by atoms with Crippen LogP contribution < -0.4 is 9.47 Å². The number of aromatic amines is 1. The number of fused-ring (bicyclic) bond motifs is 1. The predicted molar refractivity (Wildman–Crippen MR) is 57.7 cm³/mol. The van der Waals surface area contributed by atoms with Crippen LogP contribution in [0.15, 0.2) is 6.33 Å². The zero-order chi connectivity index (χ0) is 13.8. The lowest BCUT2D eigenvalue weighted by molar-refractivity contribution is 0.116. The lowest BCUT2D eigenvalue weighted by Gasteiger charge is -2.04. The number of hydrogen-bond donors (Lipinski definition) is 1. The third-order valence-electron chi connectivity index (χ3n) is 1.98. The third-order valence-corrected chi connectivity index (χ3v) is 1.98. The van der Waals surface area contributed by atoms with Crippen molar-refractivity contribution in [1.29, 1.82) is 0 Å². The zero-order valence-electron chi connectivity index (χ0n) is 9.87. The van der Waals surface area contributed by atoms with E-state index in [0.29, 0.717) is 0 Å². The summed E-state index contributed by atoms with van der Waals surface area (Å²) in [5.41, 5.74) is 0.374. The molecule has 2 aromatic heterocycles. The van der Waals surface area contributed by atoms with E-state index in [2.05, 4.69) is 29.6 Å². The molecule has 0 aliphatic rings. The van der Waals surface area contributed by atoms with E-state index >= 15 is 0 Å². The average Bonchev–Trinajstić information content (AvgIpc) is 2.91. The Bertz CT molecular complexity index is 572. The normalized spacial score (nSPS) is 10.0. The number of carbonyl (C=O) groups is 2. The maximum absolute atomic E-state index is 11.0. The number of imidazole rings is 1. The van der Waals surface area contributed by atoms with Gasteiger partial charge in [-0.1, -0.05) is 0 Å². The van der Waals surface area contributed by atoms with E-state index < -0.39 is 12.3 Å². The summed E-state index contributed by atoms with van der Waals surface area (Å²) in [6.07, 6.45) is -0.644. The summed E-state index contributed by atoms with van der Waals surface area (Å²) in [7, 11) is 2.29. The molecule has 0 radical (unpaired) electrons. The minimum Gasteiger partial charge on any atom is -0.437 e. The van der Waals surface area contributed by atoms with Crippen molar-refractivity contribution in [2.45, 2.75) is 0 Å². The van der Waals surface area contributed by atoms with Crippen molar-refractivity contribution in [3.05, 3.63) is 6.33 Å². The highest BCUT2D eigenvalue weighted by molar-refractivity contribution is 5.86. The van der Waals surface area contributed by atoms with Crippen molar-refractivity contribution in [3.63, 3.8) is 0 Å². The van der Waals surface area contributed by atoms with Gasteiger partial charge in [0.25, 0.3) is 11.8 Å². The molecule has 0 atom stereocenters. The van der Waals surface area contributed by atoms with Crippen molar-refractivity contribution < 1.29 is 28.5 Å². The molecule has 100 valence electrons. The Labute approximate surface area is 105 Å². The van der Waals surface area contributed by atoms with Crippen molar-refractivity contribution >= 4 is 23.3 Å². The smallest absolute Gasteiger partial charge is 0.437 e. The fraction of sp³-hybridized carbons (Fsp3) is 0.222. The molecule has 0 aromatic carbocycles. The van der Waals surface area contributed by atoms with E-state index in [0.717, 1.165) is 14.2 Å². The van der Waals surface area contributed by atoms with Crippen molar-refractivity contribution in [1.82, 2.24) is 20.2 Å². The molecular formula is C9H8N4O6. The van der Waals surface area contributed by atoms with E-state index in [9.17, 15) is 9.59 Å². The van der Waals surface area contributed by atoms with Crippen LogP contribution in [0.25, 0.3) is 11.0 Å². The molecule has 2 heterocycles. The number of rotatable bonds is 2. The maximum atomic E-state index is 11.0. The summed E-state index contributed by atoms with van der Waals surface area (Å²) in [6, 6.07) is 0. The SMILES string of the molecule is COC(=O)Oc1nnc(OC(=O)OC)c2[nH]cnc12. The van der Waals surface area contributed by atoms with Gasteiger partial charge < -0.3 is 23.9 Å². The van der Waals surface area contributed by atoms with Crippen LogP contribution in [0.2, 0.25) is 0 Å². The molecule has 0 spiro atoms. The van der Waals surface area contributed by atoms with Gasteiger partial charge in [0.1, 0.15) is 5.52 Å². The predicted octanol–water partition coefficient (Wildman–Crippen LogP) is 0.643. The Morgan fingerprint density at radius 3 is 2.26 bits per heavy atom. The van der Waals surface area contributed by atoms with Crippen LogP contribution in [0, 0.1) is 0 Å². The number of nitrogens with one attached hydrogen (secondary N) is 1. The van der Waals surface area contributed by atoms with Crippen molar-refractivity contribution in [2.24, 2.45) is 0 Å². The average molecular weight is 268 g/mol. The summed E-state index contributed by atoms with van der Waals surface area (Å²) in [5.74, 6) is -0.336. The Kier molecular flexibility index (Phi) is 3.41. The molecule has 0 saturated heterocycles. The maximum Gasteiger partial charge on any atom is 0.515 e. The van der Waals surface area contributed by atoms with Crippen molar-refractivity contribution in [3.8, 4) is 11.8 Å². The minimum absolute atomic E-state index is 0.152. The van der Waals surface area contributed by atoms with Gasteiger partial charge in [0.2, 0.25) is 0 Å². The first kappa shape index (κ1) is 12.5. The number of nitrogens with zero attached hydrogens (tertiary/aromatic N) is 3. The number of carbonyl (C=O) groups excluding carboxylic acids is 2. The van der Waals surface area contributed by atoms with Crippen LogP contribution in [-0.4, -0.2) is 46.7 Å². The van der Waals surface area contributed by atoms with Gasteiger partial charge in [0, 0.05) is 0 Å². The van der Waals surface area contributed by atoms with Gasteiger partial charge in [0.15, 0.2) is 5.52 Å². The van der Waals surface area contributed by atoms with Crippen LogP contribution in [0.5, 0.6) is 11.8 Å². The summed E-state index contributed by atoms with van der Waals surface area (Å²) in [5, 5.41) is 7.14. The number of aromatic nitrogens is 4. The number of methoxy groups -OCH3 is 2. The molecule has 0 bridgehead atoms. The first-order chi connectivity index (χ1) is 9.15. The second kappa shape index (κ2) is 5.16. The van der Waals surface area contributed by atoms with E-state index in [1.807, 2.05) is 0 Å². The fourth-order valence-electron chi connectivity index (χ4n) is 1.19. The van der Waals surface area contributed by atoms with Gasteiger partial charge in [-0.15, -0.1) is 10.2 Å². The van der Waals surface area contributed by atoms with Crippen LogP contribution in [0.1, 0.15) is 0 Å². The van der Waals surface area contributed by atoms with Gasteiger partial charge >= 0.3 is 12.3 Å². The van der Waals surface area contributed by atoms with Gasteiger partial charge in [-0.25, -0.2) is 14.6 Å². The fourth-order valence-corrected chi connectivity index (χ4v) is 1.19. The molecule has 2 rings (SSSR count). The highest BCUT2D eigenvalue weighted by atomic mass is 16.7. The molecule has 2 aromatic rings. The molecule has 1 N–H and O–H groups in total. The molecule has 19 heavy (non-hydrogen) atoms. The lowest BCUT2D eigenvalue weighted by atomic mass is 10.4. The van der Waals surface area contributed by atoms with E-state index in [1.54, 1.807) is 0 Å². The van der Waals surface area contributed by atoms with Crippen LogP contribution in [0.3, 0.4) is 0 Å². The molecule has 10 nitrogen and oxygen atoms in total. The van der Waals surface area contributed by atoms with E-state index in [-0.39, 0.29) is 22.8 Å². The van der Waals surface area contributed by atoms with E-state index in [1.165, 1.54) is 6.33 Å². The second-order valence-electron chi connectivity index (χ2n) is 3.05. The van der Waals surface area contributed by atoms with Gasteiger partial charge in [-0.05, 0) is 0 Å².